The predicted octanol–water partition coefficient (Wildman–Crippen LogP) is 2.73. The summed E-state index contributed by atoms with van der Waals surface area (Å²) in [5.41, 5.74) is 0.605. The van der Waals surface area contributed by atoms with Crippen LogP contribution in [-0.4, -0.2) is 15.9 Å². The summed E-state index contributed by atoms with van der Waals surface area (Å²) in [5, 5.41) is 3.48. The third-order valence-corrected chi connectivity index (χ3v) is 3.56. The fraction of sp³-hybridized carbons (Fsp3) is 0.231. The van der Waals surface area contributed by atoms with Gasteiger partial charge in [-0.3, -0.25) is 10.1 Å². The van der Waals surface area contributed by atoms with Crippen LogP contribution in [0.3, 0.4) is 0 Å². The van der Waals surface area contributed by atoms with Gasteiger partial charge in [-0.25, -0.2) is 4.98 Å². The van der Waals surface area contributed by atoms with Crippen LogP contribution in [0.4, 0.5) is 5.95 Å². The van der Waals surface area contributed by atoms with Crippen LogP contribution < -0.4 is 5.32 Å². The quantitative estimate of drug-likeness (QED) is 0.893. The van der Waals surface area contributed by atoms with E-state index in [1.54, 1.807) is 12.4 Å². The number of benzene rings is 1. The Hall–Kier alpha value is -1.81. The summed E-state index contributed by atoms with van der Waals surface area (Å²) in [6, 6.07) is 7.46. The number of rotatable bonds is 3. The van der Waals surface area contributed by atoms with Crippen LogP contribution in [0, 0.1) is 0 Å². The van der Waals surface area contributed by atoms with Crippen molar-refractivity contribution in [1.29, 1.82) is 0 Å². The van der Waals surface area contributed by atoms with Gasteiger partial charge in [0.15, 0.2) is 0 Å². The summed E-state index contributed by atoms with van der Waals surface area (Å²) >= 11 is 5.86. The molecule has 1 aliphatic carbocycles. The van der Waals surface area contributed by atoms with E-state index in [9.17, 15) is 4.79 Å². The van der Waals surface area contributed by atoms with E-state index in [-0.39, 0.29) is 5.91 Å². The van der Waals surface area contributed by atoms with Crippen LogP contribution in [0.15, 0.2) is 36.7 Å². The molecule has 3 rings (SSSR count). The molecule has 5 heteroatoms. The summed E-state index contributed by atoms with van der Waals surface area (Å²) < 4.78 is 0. The normalized spacial score (nSPS) is 16.3. The van der Waals surface area contributed by atoms with Gasteiger partial charge >= 0.3 is 0 Å². The van der Waals surface area contributed by atoms with Crippen LogP contribution >= 0.6 is 11.6 Å². The number of anilines is 1. The van der Waals surface area contributed by atoms with Crippen molar-refractivity contribution in [3.05, 3.63) is 47.2 Å². The number of nitrogens with zero attached hydrogens (tertiary/aromatic N) is 1. The molecule has 18 heavy (non-hydrogen) atoms. The third kappa shape index (κ3) is 1.88. The fourth-order valence-corrected chi connectivity index (χ4v) is 2.23. The first-order valence-corrected chi connectivity index (χ1v) is 6.15. The van der Waals surface area contributed by atoms with E-state index in [1.165, 1.54) is 0 Å². The van der Waals surface area contributed by atoms with Gasteiger partial charge in [0, 0.05) is 17.4 Å². The second-order valence-corrected chi connectivity index (χ2v) is 4.92. The van der Waals surface area contributed by atoms with Crippen molar-refractivity contribution >= 4 is 23.5 Å². The number of halogens is 1. The largest absolute Gasteiger partial charge is 0.331 e. The topological polar surface area (TPSA) is 57.8 Å². The number of H-pyrrole nitrogens is 1. The number of carbonyl (C=O) groups is 1. The molecule has 1 aromatic heterocycles. The maximum absolute atomic E-state index is 12.3. The lowest BCUT2D eigenvalue weighted by molar-refractivity contribution is -0.118. The Morgan fingerprint density at radius 1 is 1.33 bits per heavy atom. The van der Waals surface area contributed by atoms with E-state index in [0.29, 0.717) is 11.0 Å². The number of hydrogen-bond donors (Lipinski definition) is 2. The molecule has 0 atom stereocenters. The van der Waals surface area contributed by atoms with Crippen molar-refractivity contribution in [2.24, 2.45) is 0 Å². The van der Waals surface area contributed by atoms with Gasteiger partial charge in [-0.1, -0.05) is 23.7 Å². The van der Waals surface area contributed by atoms with Crippen LogP contribution in [0.25, 0.3) is 0 Å². The summed E-state index contributed by atoms with van der Waals surface area (Å²) in [6.45, 7) is 0. The lowest BCUT2D eigenvalue weighted by Gasteiger charge is -2.14. The van der Waals surface area contributed by atoms with Crippen LogP contribution in [0.1, 0.15) is 18.4 Å². The SMILES string of the molecule is O=C(Nc1ncc[nH]1)C1(c2ccc(Cl)cc2)CC1. The van der Waals surface area contributed by atoms with E-state index < -0.39 is 5.41 Å². The van der Waals surface area contributed by atoms with E-state index in [4.69, 9.17) is 11.6 Å². The van der Waals surface area contributed by atoms with E-state index in [2.05, 4.69) is 15.3 Å². The minimum absolute atomic E-state index is 0.0141. The second kappa shape index (κ2) is 4.14. The molecule has 1 aliphatic rings. The Bertz CT molecular complexity index is 558. The molecule has 0 aliphatic heterocycles. The van der Waals surface area contributed by atoms with Crippen LogP contribution in [-0.2, 0) is 10.2 Å². The first-order valence-electron chi connectivity index (χ1n) is 5.78. The average Bonchev–Trinajstić information content (AvgIpc) is 3.03. The molecule has 0 saturated heterocycles. The summed E-state index contributed by atoms with van der Waals surface area (Å²) in [6.07, 6.45) is 5.01. The smallest absolute Gasteiger partial charge is 0.237 e. The monoisotopic (exact) mass is 261 g/mol. The first kappa shape index (κ1) is 11.3. The van der Waals surface area contributed by atoms with Crippen molar-refractivity contribution in [1.82, 2.24) is 9.97 Å². The molecular formula is C13H12ClN3O. The molecular weight excluding hydrogens is 250 g/mol. The van der Waals surface area contributed by atoms with E-state index in [1.807, 2.05) is 24.3 Å². The molecule has 0 unspecified atom stereocenters. The summed E-state index contributed by atoms with van der Waals surface area (Å²) in [7, 11) is 0. The predicted molar refractivity (Wildman–Crippen MR) is 69.6 cm³/mol. The molecule has 1 fully saturated rings. The third-order valence-electron chi connectivity index (χ3n) is 3.31. The Balaban J connectivity index is 1.82. The number of imidazole rings is 1. The molecule has 1 amide bonds. The van der Waals surface area contributed by atoms with Crippen LogP contribution in [0.5, 0.6) is 0 Å². The van der Waals surface area contributed by atoms with Crippen molar-refractivity contribution in [2.45, 2.75) is 18.3 Å². The van der Waals surface area contributed by atoms with Gasteiger partial charge in [0.1, 0.15) is 0 Å². The standard InChI is InChI=1S/C13H12ClN3O/c14-10-3-1-9(2-4-10)13(5-6-13)11(18)17-12-15-7-8-16-12/h1-4,7-8H,5-6H2,(H2,15,16,17,18). The number of hydrogen-bond acceptors (Lipinski definition) is 2. The van der Waals surface area contributed by atoms with Gasteiger partial charge in [-0.05, 0) is 30.5 Å². The molecule has 2 aromatic rings. The van der Waals surface area contributed by atoms with Gasteiger partial charge in [0.25, 0.3) is 0 Å². The first-order chi connectivity index (χ1) is 8.71. The highest BCUT2D eigenvalue weighted by Crippen LogP contribution is 2.49. The zero-order valence-electron chi connectivity index (χ0n) is 9.61. The van der Waals surface area contributed by atoms with Gasteiger partial charge in [-0.15, -0.1) is 0 Å². The molecule has 92 valence electrons. The number of aromatic amines is 1. The number of nitrogens with one attached hydrogen (secondary N) is 2. The Morgan fingerprint density at radius 3 is 2.61 bits per heavy atom. The van der Waals surface area contributed by atoms with E-state index >= 15 is 0 Å². The molecule has 1 heterocycles. The van der Waals surface area contributed by atoms with Crippen molar-refractivity contribution in [2.75, 3.05) is 5.32 Å². The van der Waals surface area contributed by atoms with E-state index in [0.717, 1.165) is 18.4 Å². The Kier molecular flexibility index (Phi) is 2.59. The molecule has 0 bridgehead atoms. The van der Waals surface area contributed by atoms with Crippen LogP contribution in [0.2, 0.25) is 5.02 Å². The lowest BCUT2D eigenvalue weighted by atomic mass is 9.95. The Labute approximate surface area is 109 Å². The molecule has 0 spiro atoms. The maximum atomic E-state index is 12.3. The number of carbonyl (C=O) groups excluding carboxylic acids is 1. The summed E-state index contributed by atoms with van der Waals surface area (Å²) in [5.74, 6) is 0.472. The maximum Gasteiger partial charge on any atom is 0.237 e. The van der Waals surface area contributed by atoms with Gasteiger partial charge in [-0.2, -0.15) is 0 Å². The van der Waals surface area contributed by atoms with Crippen molar-refractivity contribution in [3.8, 4) is 0 Å². The van der Waals surface area contributed by atoms with Gasteiger partial charge in [0.05, 0.1) is 5.41 Å². The highest BCUT2D eigenvalue weighted by Gasteiger charge is 2.51. The van der Waals surface area contributed by atoms with Crippen molar-refractivity contribution < 1.29 is 4.79 Å². The highest BCUT2D eigenvalue weighted by molar-refractivity contribution is 6.30. The number of amides is 1. The molecule has 0 radical (unpaired) electrons. The molecule has 2 N–H and O–H groups in total. The molecule has 4 nitrogen and oxygen atoms in total. The molecule has 1 aromatic carbocycles. The number of aromatic nitrogens is 2. The lowest BCUT2D eigenvalue weighted by Crippen LogP contribution is -2.28. The zero-order chi connectivity index (χ0) is 12.6. The zero-order valence-corrected chi connectivity index (χ0v) is 10.4. The Morgan fingerprint density at radius 2 is 2.06 bits per heavy atom. The highest BCUT2D eigenvalue weighted by atomic mass is 35.5. The minimum Gasteiger partial charge on any atom is -0.331 e. The van der Waals surface area contributed by atoms with Crippen molar-refractivity contribution in [3.63, 3.8) is 0 Å². The fourth-order valence-electron chi connectivity index (χ4n) is 2.10. The van der Waals surface area contributed by atoms with Gasteiger partial charge in [0.2, 0.25) is 11.9 Å². The average molecular weight is 262 g/mol. The summed E-state index contributed by atoms with van der Waals surface area (Å²) in [4.78, 5) is 19.1. The molecule has 1 saturated carbocycles. The minimum atomic E-state index is -0.405. The second-order valence-electron chi connectivity index (χ2n) is 4.48. The van der Waals surface area contributed by atoms with Gasteiger partial charge < -0.3 is 4.98 Å².